The van der Waals surface area contributed by atoms with Crippen molar-refractivity contribution in [3.8, 4) is 11.3 Å². The highest BCUT2D eigenvalue weighted by Crippen LogP contribution is 2.35. The van der Waals surface area contributed by atoms with Crippen molar-refractivity contribution in [3.63, 3.8) is 0 Å². The van der Waals surface area contributed by atoms with Gasteiger partial charge in [-0.15, -0.1) is 0 Å². The molecule has 1 aliphatic heterocycles. The summed E-state index contributed by atoms with van der Waals surface area (Å²) in [5.41, 5.74) is 3.56. The number of amidine groups is 1. The van der Waals surface area contributed by atoms with Crippen LogP contribution in [0.3, 0.4) is 0 Å². The number of aryl methyl sites for hydroxylation is 2. The van der Waals surface area contributed by atoms with E-state index in [0.29, 0.717) is 21.6 Å². The van der Waals surface area contributed by atoms with Gasteiger partial charge in [0.05, 0.1) is 15.5 Å². The monoisotopic (exact) mass is 447 g/mol. The van der Waals surface area contributed by atoms with Gasteiger partial charge in [-0.25, -0.2) is 4.99 Å². The number of thioether (sulfide) groups is 1. The van der Waals surface area contributed by atoms with Crippen molar-refractivity contribution in [1.29, 1.82) is 0 Å². The first-order valence-corrected chi connectivity index (χ1v) is 10.9. The van der Waals surface area contributed by atoms with Gasteiger partial charge in [0, 0.05) is 30.8 Å². The third kappa shape index (κ3) is 4.36. The largest absolute Gasteiger partial charge is 0.457 e. The summed E-state index contributed by atoms with van der Waals surface area (Å²) in [5.74, 6) is 0.955. The molecule has 1 amide bonds. The highest BCUT2D eigenvalue weighted by Gasteiger charge is 2.30. The topological polar surface area (TPSA) is 89.0 Å². The Morgan fingerprint density at radius 1 is 1.16 bits per heavy atom. The molecule has 4 rings (SSSR count). The van der Waals surface area contributed by atoms with Gasteiger partial charge in [-0.3, -0.25) is 19.8 Å². The lowest BCUT2D eigenvalue weighted by atomic mass is 10.1. The number of aliphatic imine (C=N–C) groups is 1. The van der Waals surface area contributed by atoms with Crippen molar-refractivity contribution in [2.75, 3.05) is 7.05 Å². The second-order valence-corrected chi connectivity index (χ2v) is 8.36. The number of benzene rings is 2. The van der Waals surface area contributed by atoms with Gasteiger partial charge in [0.25, 0.3) is 11.6 Å². The van der Waals surface area contributed by atoms with Crippen molar-refractivity contribution in [1.82, 2.24) is 4.90 Å². The number of nitro benzene ring substituents is 1. The average Bonchev–Trinajstić information content (AvgIpc) is 3.35. The Kier molecular flexibility index (Phi) is 5.96. The van der Waals surface area contributed by atoms with Crippen molar-refractivity contribution >= 4 is 40.3 Å². The normalized spacial score (nSPS) is 16.3. The molecule has 0 N–H and O–H groups in total. The fraction of sp³-hybridized carbons (Fsp3) is 0.167. The van der Waals surface area contributed by atoms with Crippen LogP contribution in [0.4, 0.5) is 11.4 Å². The molecule has 0 radical (unpaired) electrons. The Morgan fingerprint density at radius 3 is 2.56 bits per heavy atom. The zero-order valence-electron chi connectivity index (χ0n) is 17.9. The average molecular weight is 448 g/mol. The van der Waals surface area contributed by atoms with Crippen molar-refractivity contribution < 1.29 is 14.1 Å². The maximum Gasteiger partial charge on any atom is 0.269 e. The van der Waals surface area contributed by atoms with E-state index in [4.69, 9.17) is 4.42 Å². The van der Waals surface area contributed by atoms with Gasteiger partial charge in [0.2, 0.25) is 0 Å². The third-order valence-electron chi connectivity index (χ3n) is 5.16. The lowest BCUT2D eigenvalue weighted by Crippen LogP contribution is -2.23. The molecule has 1 aliphatic rings. The summed E-state index contributed by atoms with van der Waals surface area (Å²) in [6.07, 6.45) is 2.65. The van der Waals surface area contributed by atoms with Crippen LogP contribution in [-0.4, -0.2) is 27.9 Å². The van der Waals surface area contributed by atoms with Gasteiger partial charge < -0.3 is 4.42 Å². The van der Waals surface area contributed by atoms with Gasteiger partial charge >= 0.3 is 0 Å². The Hall–Kier alpha value is -3.65. The molecule has 0 saturated carbocycles. The van der Waals surface area contributed by atoms with Crippen LogP contribution in [0, 0.1) is 17.0 Å². The van der Waals surface area contributed by atoms with E-state index in [1.165, 1.54) is 34.4 Å². The molecule has 162 valence electrons. The Morgan fingerprint density at radius 2 is 1.91 bits per heavy atom. The van der Waals surface area contributed by atoms with Crippen molar-refractivity contribution in [3.05, 3.63) is 86.5 Å². The quantitative estimate of drug-likeness (QED) is 0.273. The molecular weight excluding hydrogens is 426 g/mol. The van der Waals surface area contributed by atoms with Crippen LogP contribution >= 0.6 is 11.8 Å². The van der Waals surface area contributed by atoms with Gasteiger partial charge in [0.1, 0.15) is 11.5 Å². The van der Waals surface area contributed by atoms with E-state index >= 15 is 0 Å². The molecule has 2 aromatic carbocycles. The maximum absolute atomic E-state index is 12.7. The molecule has 7 nitrogen and oxygen atoms in total. The van der Waals surface area contributed by atoms with Crippen LogP contribution < -0.4 is 0 Å². The maximum atomic E-state index is 12.7. The minimum absolute atomic E-state index is 0.0345. The highest BCUT2D eigenvalue weighted by atomic mass is 32.2. The van der Waals surface area contributed by atoms with Crippen LogP contribution in [0.5, 0.6) is 0 Å². The summed E-state index contributed by atoms with van der Waals surface area (Å²) in [6, 6.07) is 16.1. The minimum Gasteiger partial charge on any atom is -0.457 e. The van der Waals surface area contributed by atoms with Gasteiger partial charge in [-0.05, 0) is 66.6 Å². The molecule has 1 fully saturated rings. The number of furan rings is 1. The number of carbonyl (C=O) groups is 1. The fourth-order valence-electron chi connectivity index (χ4n) is 3.31. The zero-order chi connectivity index (χ0) is 22.8. The Bertz CT molecular complexity index is 1260. The van der Waals surface area contributed by atoms with Crippen LogP contribution in [0.1, 0.15) is 23.8 Å². The van der Waals surface area contributed by atoms with Crippen LogP contribution in [0.2, 0.25) is 0 Å². The first-order chi connectivity index (χ1) is 15.4. The summed E-state index contributed by atoms with van der Waals surface area (Å²) in [6.45, 7) is 3.89. The van der Waals surface area contributed by atoms with E-state index in [0.717, 1.165) is 23.2 Å². The van der Waals surface area contributed by atoms with Crippen molar-refractivity contribution in [2.45, 2.75) is 20.3 Å². The Labute approximate surface area is 189 Å². The molecule has 3 aromatic rings. The van der Waals surface area contributed by atoms with Gasteiger partial charge in [-0.1, -0.05) is 19.1 Å². The molecule has 32 heavy (non-hydrogen) atoms. The number of likely N-dealkylation sites (N-methyl/N-ethyl adjacent to an activating group) is 1. The van der Waals surface area contributed by atoms with Crippen molar-refractivity contribution in [2.24, 2.45) is 4.99 Å². The SMILES string of the molecule is CCc1ccc(N=C2S/C(=C/c3ccc(-c4ccc([N+](=O)[O-])cc4C)o3)C(=O)N2C)cc1. The number of carbonyl (C=O) groups excluding carboxylic acids is 1. The molecule has 0 atom stereocenters. The highest BCUT2D eigenvalue weighted by molar-refractivity contribution is 8.18. The summed E-state index contributed by atoms with van der Waals surface area (Å²) in [4.78, 5) is 29.9. The minimum atomic E-state index is -0.425. The molecular formula is C24H21N3O4S. The molecule has 2 heterocycles. The Balaban J connectivity index is 1.57. The predicted molar refractivity (Wildman–Crippen MR) is 127 cm³/mol. The number of hydrogen-bond donors (Lipinski definition) is 0. The third-order valence-corrected chi connectivity index (χ3v) is 6.22. The second-order valence-electron chi connectivity index (χ2n) is 7.35. The first kappa shape index (κ1) is 21.6. The lowest BCUT2D eigenvalue weighted by molar-refractivity contribution is -0.384. The van der Waals surface area contributed by atoms with Crippen LogP contribution in [0.25, 0.3) is 17.4 Å². The second kappa shape index (κ2) is 8.84. The zero-order valence-corrected chi connectivity index (χ0v) is 18.7. The lowest BCUT2D eigenvalue weighted by Gasteiger charge is -2.07. The van der Waals surface area contributed by atoms with E-state index < -0.39 is 4.92 Å². The molecule has 0 bridgehead atoms. The number of nitrogens with zero attached hydrogens (tertiary/aromatic N) is 3. The molecule has 8 heteroatoms. The molecule has 1 saturated heterocycles. The van der Waals surface area contributed by atoms with Crippen LogP contribution in [0.15, 0.2) is 68.9 Å². The number of rotatable bonds is 5. The summed E-state index contributed by atoms with van der Waals surface area (Å²) in [5, 5.41) is 11.6. The first-order valence-electron chi connectivity index (χ1n) is 10.1. The van der Waals surface area contributed by atoms with E-state index in [1.807, 2.05) is 24.3 Å². The number of amides is 1. The molecule has 0 unspecified atom stereocenters. The predicted octanol–water partition coefficient (Wildman–Crippen LogP) is 5.96. The fourth-order valence-corrected chi connectivity index (χ4v) is 4.28. The van der Waals surface area contributed by atoms with Crippen LogP contribution in [-0.2, 0) is 11.2 Å². The van der Waals surface area contributed by atoms with E-state index in [9.17, 15) is 14.9 Å². The summed E-state index contributed by atoms with van der Waals surface area (Å²) >= 11 is 1.29. The standard InChI is InChI=1S/C24H21N3O4S/c1-4-16-5-7-17(8-6-16)25-24-26(3)23(28)22(32-24)14-19-10-12-21(31-19)20-11-9-18(27(29)30)13-15(20)2/h5-14H,4H2,1-3H3/b22-14+,25-24?. The summed E-state index contributed by atoms with van der Waals surface area (Å²) < 4.78 is 5.91. The smallest absolute Gasteiger partial charge is 0.269 e. The molecule has 0 spiro atoms. The number of hydrogen-bond acceptors (Lipinski definition) is 6. The van der Waals surface area contributed by atoms with E-state index in [-0.39, 0.29) is 11.6 Å². The number of non-ortho nitro benzene ring substituents is 1. The number of nitro groups is 1. The van der Waals surface area contributed by atoms with Gasteiger partial charge in [0.15, 0.2) is 5.17 Å². The molecule has 0 aliphatic carbocycles. The molecule has 1 aromatic heterocycles. The van der Waals surface area contributed by atoms with E-state index in [2.05, 4.69) is 11.9 Å². The van der Waals surface area contributed by atoms with Gasteiger partial charge in [-0.2, -0.15) is 0 Å². The summed E-state index contributed by atoms with van der Waals surface area (Å²) in [7, 11) is 1.70. The van der Waals surface area contributed by atoms with E-state index in [1.54, 1.807) is 38.2 Å².